The van der Waals surface area contributed by atoms with Gasteiger partial charge in [0.2, 0.25) is 0 Å². The van der Waals surface area contributed by atoms with Gasteiger partial charge in [0, 0.05) is 17.5 Å². The maximum Gasteiger partial charge on any atom is 0.339 e. The molecule has 3 aromatic rings. The van der Waals surface area contributed by atoms with Crippen molar-refractivity contribution < 1.29 is 23.8 Å². The molecule has 0 aliphatic rings. The maximum absolute atomic E-state index is 12.8. The fourth-order valence-corrected chi connectivity index (χ4v) is 3.01. The number of fused-ring (bicyclic) bond motifs is 1. The number of amides is 1. The zero-order valence-corrected chi connectivity index (χ0v) is 17.2. The maximum atomic E-state index is 12.8. The molecule has 0 saturated heterocycles. The first-order valence-electron chi connectivity index (χ1n) is 9.63. The van der Waals surface area contributed by atoms with Crippen LogP contribution < -0.4 is 14.8 Å². The van der Waals surface area contributed by atoms with E-state index in [9.17, 15) is 9.59 Å². The molecule has 156 valence electrons. The molecule has 1 N–H and O–H groups in total. The number of methoxy groups -OCH3 is 2. The van der Waals surface area contributed by atoms with Crippen molar-refractivity contribution in [1.82, 2.24) is 10.3 Å². The Hall–Kier alpha value is -3.61. The summed E-state index contributed by atoms with van der Waals surface area (Å²) in [6.07, 6.45) is 0.809. The van der Waals surface area contributed by atoms with E-state index in [1.54, 1.807) is 38.5 Å². The van der Waals surface area contributed by atoms with Crippen LogP contribution in [0, 0.1) is 0 Å². The quantitative estimate of drug-likeness (QED) is 0.573. The number of esters is 1. The fourth-order valence-electron chi connectivity index (χ4n) is 3.01. The van der Waals surface area contributed by atoms with E-state index in [1.165, 1.54) is 0 Å². The summed E-state index contributed by atoms with van der Waals surface area (Å²) in [5.74, 6) is 0.243. The molecule has 0 unspecified atom stereocenters. The molecule has 3 rings (SSSR count). The Morgan fingerprint density at radius 3 is 2.50 bits per heavy atom. The zero-order valence-electron chi connectivity index (χ0n) is 17.2. The Morgan fingerprint density at radius 1 is 1.00 bits per heavy atom. The molecule has 1 aromatic heterocycles. The predicted octanol–water partition coefficient (Wildman–Crippen LogP) is 3.60. The third-order valence-electron chi connectivity index (χ3n) is 4.52. The Balaban J connectivity index is 1.97. The molecule has 0 radical (unpaired) electrons. The van der Waals surface area contributed by atoms with E-state index in [4.69, 9.17) is 14.2 Å². The summed E-state index contributed by atoms with van der Waals surface area (Å²) in [6, 6.07) is 14.4. The van der Waals surface area contributed by atoms with E-state index in [-0.39, 0.29) is 12.5 Å². The van der Waals surface area contributed by atoms with Crippen LogP contribution in [-0.2, 0) is 9.53 Å². The molecule has 0 fully saturated rings. The van der Waals surface area contributed by atoms with E-state index in [0.717, 1.165) is 12.0 Å². The summed E-state index contributed by atoms with van der Waals surface area (Å²) in [5.41, 5.74) is 2.33. The number of benzene rings is 2. The monoisotopic (exact) mass is 408 g/mol. The van der Waals surface area contributed by atoms with Crippen molar-refractivity contribution in [1.29, 1.82) is 0 Å². The highest BCUT2D eigenvalue weighted by Gasteiger charge is 2.17. The van der Waals surface area contributed by atoms with Gasteiger partial charge in [-0.15, -0.1) is 0 Å². The van der Waals surface area contributed by atoms with Crippen molar-refractivity contribution in [2.24, 2.45) is 0 Å². The van der Waals surface area contributed by atoms with E-state index in [2.05, 4.69) is 10.3 Å². The van der Waals surface area contributed by atoms with Crippen molar-refractivity contribution >= 4 is 22.8 Å². The number of carbonyl (C=O) groups is 2. The number of nitrogens with one attached hydrogen (secondary N) is 1. The van der Waals surface area contributed by atoms with Crippen LogP contribution in [0.2, 0.25) is 0 Å². The molecule has 0 aliphatic heterocycles. The van der Waals surface area contributed by atoms with Crippen LogP contribution in [0.15, 0.2) is 48.5 Å². The minimum absolute atomic E-state index is 0.330. The highest BCUT2D eigenvalue weighted by atomic mass is 16.5. The van der Waals surface area contributed by atoms with Crippen molar-refractivity contribution in [2.45, 2.75) is 13.3 Å². The number of nitrogens with zero attached hydrogens (tertiary/aromatic N) is 1. The molecule has 0 spiro atoms. The summed E-state index contributed by atoms with van der Waals surface area (Å²) in [5, 5.41) is 3.34. The summed E-state index contributed by atoms with van der Waals surface area (Å²) < 4.78 is 15.9. The average molecular weight is 408 g/mol. The zero-order chi connectivity index (χ0) is 21.5. The van der Waals surface area contributed by atoms with Crippen molar-refractivity contribution in [3.8, 4) is 22.8 Å². The summed E-state index contributed by atoms with van der Waals surface area (Å²) in [4.78, 5) is 29.2. The Bertz CT molecular complexity index is 1060. The molecular formula is C23H24N2O5. The van der Waals surface area contributed by atoms with Crippen molar-refractivity contribution in [3.63, 3.8) is 0 Å². The smallest absolute Gasteiger partial charge is 0.339 e. The van der Waals surface area contributed by atoms with E-state index in [0.29, 0.717) is 40.2 Å². The van der Waals surface area contributed by atoms with E-state index in [1.807, 2.05) is 31.2 Å². The SMILES string of the molecule is CCCNC(=O)COC(=O)c1cc(-c2ccc(OC)c(OC)c2)nc2ccccc12. The normalized spacial score (nSPS) is 10.5. The minimum atomic E-state index is -0.582. The molecule has 7 nitrogen and oxygen atoms in total. The van der Waals surface area contributed by atoms with Crippen LogP contribution in [0.4, 0.5) is 0 Å². The lowest BCUT2D eigenvalue weighted by atomic mass is 10.0. The predicted molar refractivity (Wildman–Crippen MR) is 114 cm³/mol. The van der Waals surface area contributed by atoms with Crippen LogP contribution in [0.5, 0.6) is 11.5 Å². The number of ether oxygens (including phenoxy) is 3. The third kappa shape index (κ3) is 4.68. The first-order chi connectivity index (χ1) is 14.6. The summed E-state index contributed by atoms with van der Waals surface area (Å²) >= 11 is 0. The lowest BCUT2D eigenvalue weighted by Gasteiger charge is -2.12. The van der Waals surface area contributed by atoms with Gasteiger partial charge in [0.15, 0.2) is 18.1 Å². The van der Waals surface area contributed by atoms with Gasteiger partial charge in [-0.1, -0.05) is 25.1 Å². The van der Waals surface area contributed by atoms with Gasteiger partial charge in [0.25, 0.3) is 5.91 Å². The molecule has 0 saturated carbocycles. The molecular weight excluding hydrogens is 384 g/mol. The standard InChI is InChI=1S/C23H24N2O5/c1-4-11-24-22(26)14-30-23(27)17-13-19(25-18-8-6-5-7-16(17)18)15-9-10-20(28-2)21(12-15)29-3/h5-10,12-13H,4,11,14H2,1-3H3,(H,24,26). The number of para-hydroxylation sites is 1. The second-order valence-electron chi connectivity index (χ2n) is 6.57. The molecule has 2 aromatic carbocycles. The summed E-state index contributed by atoms with van der Waals surface area (Å²) in [7, 11) is 3.12. The average Bonchev–Trinajstić information content (AvgIpc) is 2.79. The molecule has 1 heterocycles. The number of pyridine rings is 1. The topological polar surface area (TPSA) is 86.8 Å². The van der Waals surface area contributed by atoms with Gasteiger partial charge in [-0.05, 0) is 36.8 Å². The van der Waals surface area contributed by atoms with Crippen molar-refractivity contribution in [2.75, 3.05) is 27.4 Å². The Labute approximate surface area is 175 Å². The lowest BCUT2D eigenvalue weighted by Crippen LogP contribution is -2.29. The third-order valence-corrected chi connectivity index (χ3v) is 4.52. The van der Waals surface area contributed by atoms with Gasteiger partial charge in [0.1, 0.15) is 0 Å². The molecule has 0 bridgehead atoms. The van der Waals surface area contributed by atoms with Crippen LogP contribution in [0.3, 0.4) is 0 Å². The lowest BCUT2D eigenvalue weighted by molar-refractivity contribution is -0.124. The number of aromatic nitrogens is 1. The van der Waals surface area contributed by atoms with Gasteiger partial charge in [0.05, 0.1) is 31.0 Å². The Kier molecular flexibility index (Phi) is 6.85. The number of carbonyl (C=O) groups excluding carboxylic acids is 2. The van der Waals surface area contributed by atoms with Gasteiger partial charge < -0.3 is 19.5 Å². The molecule has 30 heavy (non-hydrogen) atoms. The first kappa shape index (κ1) is 21.1. The van der Waals surface area contributed by atoms with Gasteiger partial charge >= 0.3 is 5.97 Å². The van der Waals surface area contributed by atoms with Crippen molar-refractivity contribution in [3.05, 3.63) is 54.1 Å². The Morgan fingerprint density at radius 2 is 1.77 bits per heavy atom. The van der Waals surface area contributed by atoms with Crippen LogP contribution in [-0.4, -0.2) is 44.2 Å². The second-order valence-corrected chi connectivity index (χ2v) is 6.57. The van der Waals surface area contributed by atoms with Gasteiger partial charge in [-0.25, -0.2) is 9.78 Å². The van der Waals surface area contributed by atoms with Crippen LogP contribution in [0.25, 0.3) is 22.2 Å². The second kappa shape index (κ2) is 9.73. The fraction of sp³-hybridized carbons (Fsp3) is 0.261. The molecule has 0 aliphatic carbocycles. The highest BCUT2D eigenvalue weighted by Crippen LogP contribution is 2.33. The summed E-state index contributed by atoms with van der Waals surface area (Å²) in [6.45, 7) is 2.16. The number of rotatable bonds is 8. The number of hydrogen-bond donors (Lipinski definition) is 1. The molecule has 7 heteroatoms. The number of hydrogen-bond acceptors (Lipinski definition) is 6. The molecule has 1 amide bonds. The van der Waals surface area contributed by atoms with Crippen LogP contribution in [0.1, 0.15) is 23.7 Å². The first-order valence-corrected chi connectivity index (χ1v) is 9.63. The van der Waals surface area contributed by atoms with E-state index >= 15 is 0 Å². The van der Waals surface area contributed by atoms with E-state index < -0.39 is 5.97 Å². The highest BCUT2D eigenvalue weighted by molar-refractivity contribution is 6.05. The largest absolute Gasteiger partial charge is 0.493 e. The minimum Gasteiger partial charge on any atom is -0.493 e. The van der Waals surface area contributed by atoms with Gasteiger partial charge in [-0.2, -0.15) is 0 Å². The van der Waals surface area contributed by atoms with Gasteiger partial charge in [-0.3, -0.25) is 4.79 Å². The molecule has 0 atom stereocenters. The van der Waals surface area contributed by atoms with Crippen LogP contribution >= 0.6 is 0 Å².